The van der Waals surface area contributed by atoms with E-state index in [1.807, 2.05) is 0 Å². The Bertz CT molecular complexity index is 822. The van der Waals surface area contributed by atoms with Crippen LogP contribution in [0, 0.1) is 5.92 Å². The normalized spacial score (nSPS) is 15.1. The lowest BCUT2D eigenvalue weighted by Crippen LogP contribution is -2.35. The van der Waals surface area contributed by atoms with Crippen LogP contribution in [0.5, 0.6) is 0 Å². The largest absolute Gasteiger partial charge is 0.381 e. The number of ether oxygens (including phenoxy) is 1. The van der Waals surface area contributed by atoms with Gasteiger partial charge in [-0.3, -0.25) is 4.79 Å². The molecule has 0 saturated carbocycles. The van der Waals surface area contributed by atoms with Gasteiger partial charge in [-0.2, -0.15) is 0 Å². The Morgan fingerprint density at radius 1 is 0.733 bits per heavy atom. The molecule has 0 amide bonds. The smallest absolute Gasteiger partial charge is 0.171 e. The summed E-state index contributed by atoms with van der Waals surface area (Å²) in [6, 6.07) is 32.0. The number of ketones is 1. The summed E-state index contributed by atoms with van der Waals surface area (Å²) in [6.07, 6.45) is 4.42. The number of carbonyl (C=O) groups is 1. The third-order valence-electron chi connectivity index (χ3n) is 6.18. The first-order valence-electron chi connectivity index (χ1n) is 10.9. The van der Waals surface area contributed by atoms with Crippen LogP contribution >= 0.6 is 7.26 Å². The maximum Gasteiger partial charge on any atom is 0.171 e. The quantitative estimate of drug-likeness (QED) is 0.494. The number of benzene rings is 3. The van der Waals surface area contributed by atoms with Crippen LogP contribution in [0.3, 0.4) is 0 Å². The van der Waals surface area contributed by atoms with E-state index in [-0.39, 0.29) is 0 Å². The van der Waals surface area contributed by atoms with Crippen molar-refractivity contribution in [2.75, 3.05) is 19.4 Å². The first-order chi connectivity index (χ1) is 14.8. The lowest BCUT2D eigenvalue weighted by Gasteiger charge is -2.27. The van der Waals surface area contributed by atoms with E-state index in [0.29, 0.717) is 24.3 Å². The molecule has 0 spiro atoms. The zero-order valence-electron chi connectivity index (χ0n) is 17.5. The Balaban J connectivity index is 1.70. The summed E-state index contributed by atoms with van der Waals surface area (Å²) in [6.45, 7) is 1.68. The van der Waals surface area contributed by atoms with Crippen LogP contribution in [0.15, 0.2) is 91.0 Å². The molecule has 1 aliphatic rings. The monoisotopic (exact) mass is 417 g/mol. The van der Waals surface area contributed by atoms with E-state index >= 15 is 0 Å². The molecule has 0 atom stereocenters. The molecule has 0 radical (unpaired) electrons. The van der Waals surface area contributed by atoms with Gasteiger partial charge in [0.15, 0.2) is 5.78 Å². The van der Waals surface area contributed by atoms with Gasteiger partial charge in [0.25, 0.3) is 0 Å². The summed E-state index contributed by atoms with van der Waals surface area (Å²) in [4.78, 5) is 13.4. The molecule has 3 heteroatoms. The number of hydrogen-bond donors (Lipinski definition) is 0. The molecule has 154 valence electrons. The SMILES string of the molecule is O=C(CCC1CCOCC1)C[P+](c1ccccc1)(c1ccccc1)c1ccccc1. The molecule has 1 saturated heterocycles. The van der Waals surface area contributed by atoms with Crippen LogP contribution in [0.2, 0.25) is 0 Å². The van der Waals surface area contributed by atoms with E-state index in [9.17, 15) is 4.79 Å². The Morgan fingerprint density at radius 3 is 1.60 bits per heavy atom. The van der Waals surface area contributed by atoms with Crippen molar-refractivity contribution in [3.8, 4) is 0 Å². The number of hydrogen-bond acceptors (Lipinski definition) is 2. The van der Waals surface area contributed by atoms with E-state index in [4.69, 9.17) is 4.74 Å². The summed E-state index contributed by atoms with van der Waals surface area (Å²) in [5.74, 6) is 1.01. The second-order valence-electron chi connectivity index (χ2n) is 8.11. The van der Waals surface area contributed by atoms with Crippen LogP contribution in [0.1, 0.15) is 25.7 Å². The van der Waals surface area contributed by atoms with Gasteiger partial charge in [-0.05, 0) is 61.6 Å². The Labute approximate surface area is 180 Å². The molecule has 2 nitrogen and oxygen atoms in total. The molecule has 1 heterocycles. The molecular weight excluding hydrogens is 387 g/mol. The van der Waals surface area contributed by atoms with Gasteiger partial charge in [0.2, 0.25) is 0 Å². The molecule has 3 aromatic rings. The van der Waals surface area contributed by atoms with Crippen molar-refractivity contribution in [1.29, 1.82) is 0 Å². The highest BCUT2D eigenvalue weighted by atomic mass is 31.2. The molecule has 0 aromatic heterocycles. The predicted molar refractivity (Wildman–Crippen MR) is 128 cm³/mol. The number of rotatable bonds is 8. The number of Topliss-reactive ketones (excluding diaryl/α,β-unsaturated/α-hetero) is 1. The zero-order valence-corrected chi connectivity index (χ0v) is 18.3. The first-order valence-corrected chi connectivity index (χ1v) is 12.9. The molecule has 0 aliphatic carbocycles. The van der Waals surface area contributed by atoms with Gasteiger partial charge >= 0.3 is 0 Å². The fraction of sp³-hybridized carbons (Fsp3) is 0.296. The first kappa shape index (κ1) is 21.0. The van der Waals surface area contributed by atoms with Crippen molar-refractivity contribution in [3.63, 3.8) is 0 Å². The van der Waals surface area contributed by atoms with Crippen molar-refractivity contribution in [2.45, 2.75) is 25.7 Å². The molecule has 0 unspecified atom stereocenters. The van der Waals surface area contributed by atoms with Crippen molar-refractivity contribution in [1.82, 2.24) is 0 Å². The number of carbonyl (C=O) groups excluding carboxylic acids is 1. The van der Waals surface area contributed by atoms with Crippen LogP contribution in [-0.2, 0) is 9.53 Å². The molecule has 4 rings (SSSR count). The van der Waals surface area contributed by atoms with Crippen LogP contribution in [0.25, 0.3) is 0 Å². The average molecular weight is 418 g/mol. The third-order valence-corrected chi connectivity index (χ3v) is 10.5. The molecule has 0 bridgehead atoms. The maximum atomic E-state index is 13.4. The minimum Gasteiger partial charge on any atom is -0.381 e. The van der Waals surface area contributed by atoms with Gasteiger partial charge in [0, 0.05) is 19.6 Å². The van der Waals surface area contributed by atoms with Crippen molar-refractivity contribution in [3.05, 3.63) is 91.0 Å². The Morgan fingerprint density at radius 2 is 1.17 bits per heavy atom. The molecule has 3 aromatic carbocycles. The lowest BCUT2D eigenvalue weighted by atomic mass is 9.94. The van der Waals surface area contributed by atoms with Crippen molar-refractivity contribution in [2.24, 2.45) is 5.92 Å². The highest BCUT2D eigenvalue weighted by Gasteiger charge is 2.46. The van der Waals surface area contributed by atoms with Gasteiger partial charge in [-0.25, -0.2) is 0 Å². The predicted octanol–water partition coefficient (Wildman–Crippen LogP) is 4.76. The third kappa shape index (κ3) is 4.72. The van der Waals surface area contributed by atoms with Crippen molar-refractivity contribution < 1.29 is 9.53 Å². The average Bonchev–Trinajstić information content (AvgIpc) is 2.83. The summed E-state index contributed by atoms with van der Waals surface area (Å²) in [7, 11) is -2.05. The molecule has 0 N–H and O–H groups in total. The highest BCUT2D eigenvalue weighted by Crippen LogP contribution is 2.55. The minimum absolute atomic E-state index is 0.381. The fourth-order valence-electron chi connectivity index (χ4n) is 4.51. The van der Waals surface area contributed by atoms with Gasteiger partial charge in [-0.15, -0.1) is 0 Å². The summed E-state index contributed by atoms with van der Waals surface area (Å²) in [5, 5.41) is 3.84. The van der Waals surface area contributed by atoms with E-state index in [1.54, 1.807) is 0 Å². The van der Waals surface area contributed by atoms with E-state index in [2.05, 4.69) is 91.0 Å². The maximum absolute atomic E-state index is 13.4. The van der Waals surface area contributed by atoms with Crippen LogP contribution < -0.4 is 15.9 Å². The fourth-order valence-corrected chi connectivity index (χ4v) is 8.68. The van der Waals surface area contributed by atoms with Gasteiger partial charge in [-0.1, -0.05) is 54.6 Å². The molecule has 1 aliphatic heterocycles. The van der Waals surface area contributed by atoms with Gasteiger partial charge in [0.1, 0.15) is 29.3 Å². The minimum atomic E-state index is -2.05. The second-order valence-corrected chi connectivity index (χ2v) is 11.6. The molecular formula is C27H30O2P+. The van der Waals surface area contributed by atoms with E-state index in [1.165, 1.54) is 15.9 Å². The second kappa shape index (κ2) is 10.2. The summed E-state index contributed by atoms with van der Waals surface area (Å²) < 4.78 is 5.48. The lowest BCUT2D eigenvalue weighted by molar-refractivity contribution is -0.117. The van der Waals surface area contributed by atoms with Crippen LogP contribution in [-0.4, -0.2) is 25.2 Å². The van der Waals surface area contributed by atoms with Crippen molar-refractivity contribution >= 4 is 29.0 Å². The Kier molecular flexibility index (Phi) is 7.10. The molecule has 30 heavy (non-hydrogen) atoms. The van der Waals surface area contributed by atoms with E-state index < -0.39 is 7.26 Å². The summed E-state index contributed by atoms with van der Waals surface area (Å²) >= 11 is 0. The standard InChI is InChI=1S/C27H30O2P/c28-24(17-16-23-18-20-29-21-19-23)22-30(25-10-4-1-5-11-25,26-12-6-2-7-13-26)27-14-8-3-9-15-27/h1-15,23H,16-22H2/q+1. The van der Waals surface area contributed by atoms with Crippen LogP contribution in [0.4, 0.5) is 0 Å². The topological polar surface area (TPSA) is 26.3 Å². The zero-order chi connectivity index (χ0) is 20.7. The van der Waals surface area contributed by atoms with E-state index in [0.717, 1.165) is 32.5 Å². The van der Waals surface area contributed by atoms with Gasteiger partial charge < -0.3 is 4.74 Å². The van der Waals surface area contributed by atoms with Gasteiger partial charge in [0.05, 0.1) is 0 Å². The summed E-state index contributed by atoms with van der Waals surface area (Å²) in [5.41, 5.74) is 0. The Hall–Kier alpha value is -2.28. The molecule has 1 fully saturated rings. The highest BCUT2D eigenvalue weighted by molar-refractivity contribution is 7.96.